The summed E-state index contributed by atoms with van der Waals surface area (Å²) in [6.45, 7) is 0.856. The maximum atomic E-state index is 11.9. The minimum absolute atomic E-state index is 0.142. The number of carbonyl (C=O) groups excluding carboxylic acids is 2. The van der Waals surface area contributed by atoms with Crippen molar-refractivity contribution in [3.05, 3.63) is 35.4 Å². The highest BCUT2D eigenvalue weighted by molar-refractivity contribution is 6.25. The first-order chi connectivity index (χ1) is 12.3. The standard InChI is InChI=1S/C18H21NO7/c1-8(21)13-6-11(22)5-9-4-10(2-3-12(9)13)19-15-17(24)16(23)14(7-20)26-18(15)25/h2-4,6,14-20,23-25H,5,7H2,1H3/t14?,15?,16-,17-,18-/m0/s1. The van der Waals surface area contributed by atoms with E-state index < -0.39 is 37.3 Å². The second kappa shape index (κ2) is 7.26. The van der Waals surface area contributed by atoms with Crippen LogP contribution in [0.1, 0.15) is 18.1 Å². The molecule has 8 nitrogen and oxygen atoms in total. The third-order valence-electron chi connectivity index (χ3n) is 4.68. The van der Waals surface area contributed by atoms with E-state index in [1.807, 2.05) is 0 Å². The second-order valence-electron chi connectivity index (χ2n) is 6.53. The van der Waals surface area contributed by atoms with Crippen LogP contribution in [0.2, 0.25) is 0 Å². The van der Waals surface area contributed by atoms with E-state index in [1.54, 1.807) is 18.2 Å². The predicted molar refractivity (Wildman–Crippen MR) is 91.2 cm³/mol. The number of ether oxygens (including phenoxy) is 1. The predicted octanol–water partition coefficient (Wildman–Crippen LogP) is -1.00. The van der Waals surface area contributed by atoms with Crippen LogP contribution in [0, 0.1) is 0 Å². The van der Waals surface area contributed by atoms with Crippen LogP contribution in [0.4, 0.5) is 5.69 Å². The summed E-state index contributed by atoms with van der Waals surface area (Å²) < 4.78 is 5.11. The summed E-state index contributed by atoms with van der Waals surface area (Å²) in [6.07, 6.45) is -3.79. The third-order valence-corrected chi connectivity index (χ3v) is 4.68. The van der Waals surface area contributed by atoms with Gasteiger partial charge in [-0.05, 0) is 36.3 Å². The first-order valence-corrected chi connectivity index (χ1v) is 8.27. The molecule has 26 heavy (non-hydrogen) atoms. The molecule has 1 saturated heterocycles. The summed E-state index contributed by atoms with van der Waals surface area (Å²) in [5.41, 5.74) is 2.17. The number of hydrogen-bond donors (Lipinski definition) is 5. The molecule has 0 radical (unpaired) electrons. The molecule has 140 valence electrons. The number of ketones is 2. The van der Waals surface area contributed by atoms with E-state index in [9.17, 15) is 24.9 Å². The summed E-state index contributed by atoms with van der Waals surface area (Å²) in [5.74, 6) is -0.383. The highest BCUT2D eigenvalue weighted by Gasteiger charge is 2.43. The number of carbonyl (C=O) groups is 2. The van der Waals surface area contributed by atoms with Gasteiger partial charge in [-0.15, -0.1) is 0 Å². The zero-order valence-corrected chi connectivity index (χ0v) is 14.1. The molecule has 3 rings (SSSR count). The summed E-state index contributed by atoms with van der Waals surface area (Å²) in [5, 5.41) is 42.2. The Morgan fingerprint density at radius 2 is 2.00 bits per heavy atom. The number of allylic oxidation sites excluding steroid dienone is 2. The molecule has 5 N–H and O–H groups in total. The molecular weight excluding hydrogens is 342 g/mol. The Balaban J connectivity index is 1.84. The molecule has 8 heteroatoms. The number of rotatable bonds is 4. The van der Waals surface area contributed by atoms with E-state index in [0.717, 1.165) is 0 Å². The number of aliphatic hydroxyl groups is 4. The van der Waals surface area contributed by atoms with E-state index in [0.29, 0.717) is 22.4 Å². The normalized spacial score (nSPS) is 31.2. The average molecular weight is 363 g/mol. The van der Waals surface area contributed by atoms with Crippen molar-refractivity contribution < 1.29 is 34.8 Å². The first-order valence-electron chi connectivity index (χ1n) is 8.27. The van der Waals surface area contributed by atoms with Crippen molar-refractivity contribution in [2.45, 2.75) is 44.0 Å². The zero-order valence-electron chi connectivity index (χ0n) is 14.1. The quantitative estimate of drug-likeness (QED) is 0.459. The fourth-order valence-electron chi connectivity index (χ4n) is 3.31. The van der Waals surface area contributed by atoms with Crippen LogP contribution in [0.15, 0.2) is 24.3 Å². The molecule has 1 heterocycles. The van der Waals surface area contributed by atoms with E-state index in [2.05, 4.69) is 5.32 Å². The molecular formula is C18H21NO7. The van der Waals surface area contributed by atoms with Crippen LogP contribution in [0.5, 0.6) is 0 Å². The lowest BCUT2D eigenvalue weighted by atomic mass is 9.88. The van der Waals surface area contributed by atoms with Crippen LogP contribution < -0.4 is 5.32 Å². The van der Waals surface area contributed by atoms with Gasteiger partial charge in [-0.25, -0.2) is 0 Å². The molecule has 0 bridgehead atoms. The van der Waals surface area contributed by atoms with Crippen molar-refractivity contribution in [1.29, 1.82) is 0 Å². The lowest BCUT2D eigenvalue weighted by molar-refractivity contribution is -0.245. The Hall–Kier alpha value is -2.10. The highest BCUT2D eigenvalue weighted by Crippen LogP contribution is 2.30. The van der Waals surface area contributed by atoms with E-state index in [1.165, 1.54) is 13.0 Å². The topological polar surface area (TPSA) is 136 Å². The van der Waals surface area contributed by atoms with Crippen molar-refractivity contribution in [2.75, 3.05) is 11.9 Å². The Bertz CT molecular complexity index is 760. The van der Waals surface area contributed by atoms with Crippen molar-refractivity contribution in [2.24, 2.45) is 0 Å². The highest BCUT2D eigenvalue weighted by atomic mass is 16.6. The van der Waals surface area contributed by atoms with Gasteiger partial charge in [0.05, 0.1) is 6.61 Å². The monoisotopic (exact) mass is 363 g/mol. The molecule has 1 aliphatic carbocycles. The SMILES string of the molecule is CC(=O)C1=CC(=O)Cc2cc(NC3[C@@H](O)OC(CO)[C@H](O)[C@H]3O)ccc21. The van der Waals surface area contributed by atoms with Gasteiger partial charge >= 0.3 is 0 Å². The zero-order chi connectivity index (χ0) is 19.0. The fourth-order valence-corrected chi connectivity index (χ4v) is 3.31. The fraction of sp³-hybridized carbons (Fsp3) is 0.444. The van der Waals surface area contributed by atoms with Crippen molar-refractivity contribution >= 4 is 22.8 Å². The van der Waals surface area contributed by atoms with Gasteiger partial charge in [-0.1, -0.05) is 6.07 Å². The number of benzene rings is 1. The van der Waals surface area contributed by atoms with Gasteiger partial charge in [0.1, 0.15) is 24.4 Å². The van der Waals surface area contributed by atoms with Crippen LogP contribution >= 0.6 is 0 Å². The minimum Gasteiger partial charge on any atom is -0.394 e. The second-order valence-corrected chi connectivity index (χ2v) is 6.53. The van der Waals surface area contributed by atoms with Gasteiger partial charge in [0.15, 0.2) is 17.9 Å². The molecule has 1 aromatic rings. The Morgan fingerprint density at radius 3 is 2.65 bits per heavy atom. The number of Topliss-reactive ketones (excluding diaryl/α,β-unsaturated/α-hetero) is 1. The van der Waals surface area contributed by atoms with Gasteiger partial charge in [0.25, 0.3) is 0 Å². The minimum atomic E-state index is -1.45. The Labute approximate surface area is 149 Å². The van der Waals surface area contributed by atoms with Crippen molar-refractivity contribution in [3.63, 3.8) is 0 Å². The van der Waals surface area contributed by atoms with E-state index in [4.69, 9.17) is 9.84 Å². The number of fused-ring (bicyclic) bond motifs is 1. The first kappa shape index (κ1) is 18.7. The average Bonchev–Trinajstić information content (AvgIpc) is 2.60. The van der Waals surface area contributed by atoms with Gasteiger partial charge in [0.2, 0.25) is 0 Å². The molecule has 0 saturated carbocycles. The number of aliphatic hydroxyl groups excluding tert-OH is 4. The lowest BCUT2D eigenvalue weighted by Crippen LogP contribution is -2.61. The van der Waals surface area contributed by atoms with Crippen LogP contribution in [0.3, 0.4) is 0 Å². The van der Waals surface area contributed by atoms with Crippen LogP contribution in [-0.2, 0) is 20.7 Å². The van der Waals surface area contributed by atoms with Crippen LogP contribution in [-0.4, -0.2) is 69.2 Å². The lowest BCUT2D eigenvalue weighted by Gasteiger charge is -2.40. The molecule has 1 fully saturated rings. The number of anilines is 1. The molecule has 0 amide bonds. The maximum Gasteiger partial charge on any atom is 0.178 e. The summed E-state index contributed by atoms with van der Waals surface area (Å²) in [4.78, 5) is 23.6. The Morgan fingerprint density at radius 1 is 1.27 bits per heavy atom. The largest absolute Gasteiger partial charge is 0.394 e. The number of hydrogen-bond acceptors (Lipinski definition) is 8. The van der Waals surface area contributed by atoms with Gasteiger partial charge in [0, 0.05) is 17.7 Å². The molecule has 1 aliphatic heterocycles. The summed E-state index contributed by atoms with van der Waals surface area (Å²) in [6, 6.07) is 3.96. The summed E-state index contributed by atoms with van der Waals surface area (Å²) >= 11 is 0. The smallest absolute Gasteiger partial charge is 0.178 e. The molecule has 5 atom stereocenters. The third kappa shape index (κ3) is 3.42. The number of nitrogens with one attached hydrogen (secondary N) is 1. The van der Waals surface area contributed by atoms with E-state index >= 15 is 0 Å². The van der Waals surface area contributed by atoms with Crippen molar-refractivity contribution in [1.82, 2.24) is 0 Å². The van der Waals surface area contributed by atoms with Gasteiger partial charge < -0.3 is 30.5 Å². The molecule has 0 spiro atoms. The summed E-state index contributed by atoms with van der Waals surface area (Å²) in [7, 11) is 0. The van der Waals surface area contributed by atoms with Crippen LogP contribution in [0.25, 0.3) is 5.57 Å². The van der Waals surface area contributed by atoms with Gasteiger partial charge in [-0.2, -0.15) is 0 Å². The maximum absolute atomic E-state index is 11.9. The molecule has 0 aromatic heterocycles. The molecule has 2 aliphatic rings. The van der Waals surface area contributed by atoms with E-state index in [-0.39, 0.29) is 18.0 Å². The Kier molecular flexibility index (Phi) is 5.22. The van der Waals surface area contributed by atoms with Gasteiger partial charge in [-0.3, -0.25) is 9.59 Å². The molecule has 1 aromatic carbocycles. The molecule has 2 unspecified atom stereocenters. The van der Waals surface area contributed by atoms with Crippen molar-refractivity contribution in [3.8, 4) is 0 Å².